The molecule has 1 aliphatic carbocycles. The number of guanidine groups is 1. The summed E-state index contributed by atoms with van der Waals surface area (Å²) >= 11 is 0. The van der Waals surface area contributed by atoms with E-state index in [1.165, 1.54) is 45.2 Å². The lowest BCUT2D eigenvalue weighted by Crippen LogP contribution is -2.41. The Hall–Kier alpha value is -0.790. The first-order chi connectivity index (χ1) is 11.2. The van der Waals surface area contributed by atoms with Gasteiger partial charge >= 0.3 is 0 Å². The van der Waals surface area contributed by atoms with Crippen molar-refractivity contribution in [1.29, 1.82) is 0 Å². The smallest absolute Gasteiger partial charge is 0.193 e. The highest BCUT2D eigenvalue weighted by atomic mass is 127. The van der Waals surface area contributed by atoms with Crippen LogP contribution in [0.3, 0.4) is 0 Å². The molecule has 0 amide bonds. The summed E-state index contributed by atoms with van der Waals surface area (Å²) in [5.41, 5.74) is 0.594. The second-order valence-electron chi connectivity index (χ2n) is 7.41. The molecule has 0 bridgehead atoms. The number of hydrogen-bond acceptors (Lipinski definition) is 2. The van der Waals surface area contributed by atoms with Gasteiger partial charge in [0.15, 0.2) is 5.96 Å². The van der Waals surface area contributed by atoms with E-state index in [0.29, 0.717) is 11.3 Å². The second-order valence-corrected chi connectivity index (χ2v) is 7.41. The van der Waals surface area contributed by atoms with Gasteiger partial charge in [0.1, 0.15) is 0 Å². The Bertz CT molecular complexity index is 507. The number of nitrogens with one attached hydrogen (secondary N) is 1. The maximum atomic E-state index is 4.92. The van der Waals surface area contributed by atoms with Crippen molar-refractivity contribution in [3.8, 4) is 0 Å². The minimum Gasteiger partial charge on any atom is -0.357 e. The zero-order valence-corrected chi connectivity index (χ0v) is 17.4. The van der Waals surface area contributed by atoms with Gasteiger partial charge in [0.2, 0.25) is 0 Å². The van der Waals surface area contributed by atoms with Crippen LogP contribution in [-0.2, 0) is 6.54 Å². The van der Waals surface area contributed by atoms with Crippen LogP contribution in [0.5, 0.6) is 0 Å². The molecule has 1 saturated heterocycles. The number of likely N-dealkylation sites (tertiary alicyclic amines) is 1. The summed E-state index contributed by atoms with van der Waals surface area (Å²) in [7, 11) is 0. The monoisotopic (exact) mass is 445 g/mol. The molecule has 0 radical (unpaired) electrons. The molecule has 1 aromatic rings. The Morgan fingerprint density at radius 3 is 2.79 bits per heavy atom. The van der Waals surface area contributed by atoms with Crippen LogP contribution in [0.4, 0.5) is 0 Å². The third kappa shape index (κ3) is 4.86. The molecule has 2 aliphatic rings. The predicted octanol–water partition coefficient (Wildman–Crippen LogP) is 3.37. The van der Waals surface area contributed by atoms with E-state index in [9.17, 15) is 0 Å². The molecule has 0 aromatic carbocycles. The van der Waals surface area contributed by atoms with Crippen LogP contribution in [-0.4, -0.2) is 46.8 Å². The highest BCUT2D eigenvalue weighted by Gasteiger charge is 2.41. The van der Waals surface area contributed by atoms with Crippen molar-refractivity contribution in [2.24, 2.45) is 16.3 Å². The first-order valence-electron chi connectivity index (χ1n) is 9.21. The number of hydrogen-bond donors (Lipinski definition) is 1. The van der Waals surface area contributed by atoms with Gasteiger partial charge < -0.3 is 10.2 Å². The highest BCUT2D eigenvalue weighted by molar-refractivity contribution is 14.0. The highest BCUT2D eigenvalue weighted by Crippen LogP contribution is 2.45. The Labute approximate surface area is 163 Å². The molecule has 1 spiro atoms. The average Bonchev–Trinajstić information content (AvgIpc) is 3.28. The van der Waals surface area contributed by atoms with Crippen LogP contribution in [0.1, 0.15) is 46.0 Å². The van der Waals surface area contributed by atoms with Gasteiger partial charge in [-0.05, 0) is 43.6 Å². The molecule has 2 heterocycles. The summed E-state index contributed by atoms with van der Waals surface area (Å²) in [5.74, 6) is 1.61. The molecular formula is C18H32IN5. The van der Waals surface area contributed by atoms with Gasteiger partial charge in [-0.2, -0.15) is 5.10 Å². The molecule has 136 valence electrons. The van der Waals surface area contributed by atoms with Crippen LogP contribution in [0.15, 0.2) is 23.5 Å². The van der Waals surface area contributed by atoms with Crippen LogP contribution in [0.2, 0.25) is 0 Å². The summed E-state index contributed by atoms with van der Waals surface area (Å²) in [4.78, 5) is 7.42. The largest absolute Gasteiger partial charge is 0.357 e. The lowest BCUT2D eigenvalue weighted by atomic mass is 9.86. The summed E-state index contributed by atoms with van der Waals surface area (Å²) in [6.07, 6.45) is 10.9. The lowest BCUT2D eigenvalue weighted by molar-refractivity contribution is 0.309. The molecule has 1 unspecified atom stereocenters. The third-order valence-electron chi connectivity index (χ3n) is 5.35. The summed E-state index contributed by atoms with van der Waals surface area (Å²) < 4.78 is 2.00. The molecule has 1 aromatic heterocycles. The molecule has 1 N–H and O–H groups in total. The van der Waals surface area contributed by atoms with E-state index in [4.69, 9.17) is 4.99 Å². The van der Waals surface area contributed by atoms with Gasteiger partial charge in [0, 0.05) is 45.1 Å². The SMILES string of the molecule is CCNC(=NCC(C)Cn1cccn1)N1CCC2(CCCC2)C1.I. The van der Waals surface area contributed by atoms with Crippen molar-refractivity contribution in [3.05, 3.63) is 18.5 Å². The first kappa shape index (κ1) is 19.5. The van der Waals surface area contributed by atoms with E-state index in [2.05, 4.69) is 29.2 Å². The zero-order chi connectivity index (χ0) is 16.1. The van der Waals surface area contributed by atoms with Crippen LogP contribution in [0.25, 0.3) is 0 Å². The normalized spacial score (nSPS) is 21.1. The quantitative estimate of drug-likeness (QED) is 0.430. The molecule has 2 fully saturated rings. The number of aromatic nitrogens is 2. The summed E-state index contributed by atoms with van der Waals surface area (Å²) in [6, 6.07) is 1.98. The van der Waals surface area contributed by atoms with E-state index in [1.807, 2.05) is 23.1 Å². The van der Waals surface area contributed by atoms with Crippen molar-refractivity contribution >= 4 is 29.9 Å². The first-order valence-corrected chi connectivity index (χ1v) is 9.21. The number of aliphatic imine (C=N–C) groups is 1. The van der Waals surface area contributed by atoms with E-state index in [1.54, 1.807) is 0 Å². The standard InChI is InChI=1S/C18H31N5.HI/c1-3-19-17(20-13-16(2)14-23-11-6-10-21-23)22-12-9-18(15-22)7-4-5-8-18;/h6,10-11,16H,3-5,7-9,12-15H2,1-2H3,(H,19,20);1H. The fourth-order valence-corrected chi connectivity index (χ4v) is 4.10. The maximum absolute atomic E-state index is 4.92. The van der Waals surface area contributed by atoms with Crippen LogP contribution >= 0.6 is 24.0 Å². The molecule has 1 saturated carbocycles. The minimum atomic E-state index is 0. The van der Waals surface area contributed by atoms with E-state index in [0.717, 1.165) is 25.6 Å². The molecule has 6 heteroatoms. The minimum absolute atomic E-state index is 0. The van der Waals surface area contributed by atoms with Gasteiger partial charge in [0.05, 0.1) is 0 Å². The van der Waals surface area contributed by atoms with E-state index < -0.39 is 0 Å². The molecular weight excluding hydrogens is 413 g/mol. The Morgan fingerprint density at radius 1 is 1.33 bits per heavy atom. The molecule has 1 atom stereocenters. The number of nitrogens with zero attached hydrogens (tertiary/aromatic N) is 4. The van der Waals surface area contributed by atoms with Gasteiger partial charge in [0.25, 0.3) is 0 Å². The number of rotatable bonds is 5. The van der Waals surface area contributed by atoms with E-state index in [-0.39, 0.29) is 24.0 Å². The fraction of sp³-hybridized carbons (Fsp3) is 0.778. The van der Waals surface area contributed by atoms with Crippen molar-refractivity contribution in [3.63, 3.8) is 0 Å². The van der Waals surface area contributed by atoms with Crippen LogP contribution in [0, 0.1) is 11.3 Å². The second kappa shape index (κ2) is 9.06. The molecule has 3 rings (SSSR count). The average molecular weight is 445 g/mol. The lowest BCUT2D eigenvalue weighted by Gasteiger charge is -2.26. The van der Waals surface area contributed by atoms with Crippen molar-refractivity contribution in [2.45, 2.75) is 52.5 Å². The number of halogens is 1. The van der Waals surface area contributed by atoms with Crippen molar-refractivity contribution in [2.75, 3.05) is 26.2 Å². The van der Waals surface area contributed by atoms with Crippen molar-refractivity contribution < 1.29 is 0 Å². The van der Waals surface area contributed by atoms with E-state index >= 15 is 0 Å². The van der Waals surface area contributed by atoms with Gasteiger partial charge in [-0.25, -0.2) is 0 Å². The topological polar surface area (TPSA) is 45.5 Å². The van der Waals surface area contributed by atoms with Gasteiger partial charge in [-0.3, -0.25) is 9.67 Å². The molecule has 1 aliphatic heterocycles. The van der Waals surface area contributed by atoms with Gasteiger partial charge in [-0.15, -0.1) is 24.0 Å². The maximum Gasteiger partial charge on any atom is 0.193 e. The summed E-state index contributed by atoms with van der Waals surface area (Å²) in [6.45, 7) is 9.49. The third-order valence-corrected chi connectivity index (χ3v) is 5.35. The Kier molecular flexibility index (Phi) is 7.37. The zero-order valence-electron chi connectivity index (χ0n) is 15.1. The Balaban J connectivity index is 0.00000208. The fourth-order valence-electron chi connectivity index (χ4n) is 4.10. The molecule has 5 nitrogen and oxygen atoms in total. The molecule has 24 heavy (non-hydrogen) atoms. The van der Waals surface area contributed by atoms with Crippen LogP contribution < -0.4 is 5.32 Å². The van der Waals surface area contributed by atoms with Crippen molar-refractivity contribution in [1.82, 2.24) is 20.0 Å². The Morgan fingerprint density at radius 2 is 2.12 bits per heavy atom. The summed E-state index contributed by atoms with van der Waals surface area (Å²) in [5, 5.41) is 7.79. The predicted molar refractivity (Wildman–Crippen MR) is 110 cm³/mol. The van der Waals surface area contributed by atoms with Gasteiger partial charge in [-0.1, -0.05) is 19.8 Å².